The van der Waals surface area contributed by atoms with Crippen molar-refractivity contribution in [1.29, 1.82) is 0 Å². The maximum Gasteiger partial charge on any atom is 0.0857 e. The molecular formula is C17H17BrN2O. The third kappa shape index (κ3) is 2.74. The highest BCUT2D eigenvalue weighted by Gasteiger charge is 2.16. The summed E-state index contributed by atoms with van der Waals surface area (Å²) in [6.07, 6.45) is -0.0683. The van der Waals surface area contributed by atoms with Crippen molar-refractivity contribution in [3.63, 3.8) is 0 Å². The number of halogens is 1. The van der Waals surface area contributed by atoms with Crippen LogP contribution in [0.15, 0.2) is 46.9 Å². The molecular weight excluding hydrogens is 328 g/mol. The molecule has 0 fully saturated rings. The van der Waals surface area contributed by atoms with Gasteiger partial charge in [-0.15, -0.1) is 0 Å². The molecule has 1 unspecified atom stereocenters. The van der Waals surface area contributed by atoms with Gasteiger partial charge in [-0.1, -0.05) is 51.8 Å². The van der Waals surface area contributed by atoms with Gasteiger partial charge in [0.15, 0.2) is 0 Å². The van der Waals surface area contributed by atoms with Gasteiger partial charge < -0.3 is 5.11 Å². The van der Waals surface area contributed by atoms with Crippen LogP contribution in [0.3, 0.4) is 0 Å². The topological polar surface area (TPSA) is 38.1 Å². The predicted molar refractivity (Wildman–Crippen MR) is 88.3 cm³/mol. The van der Waals surface area contributed by atoms with Crippen LogP contribution in [0.2, 0.25) is 0 Å². The lowest BCUT2D eigenvalue weighted by molar-refractivity contribution is 0.176. The Morgan fingerprint density at radius 2 is 2.00 bits per heavy atom. The number of aliphatic hydroxyl groups is 1. The van der Waals surface area contributed by atoms with Crippen LogP contribution in [0.4, 0.5) is 0 Å². The minimum Gasteiger partial charge on any atom is -0.388 e. The van der Waals surface area contributed by atoms with Gasteiger partial charge in [0.2, 0.25) is 0 Å². The Kier molecular flexibility index (Phi) is 3.83. The zero-order chi connectivity index (χ0) is 15.0. The summed E-state index contributed by atoms with van der Waals surface area (Å²) in [5, 5.41) is 16.2. The van der Waals surface area contributed by atoms with Gasteiger partial charge in [-0.25, -0.2) is 0 Å². The Morgan fingerprint density at radius 1 is 1.24 bits per heavy atom. The maximum atomic E-state index is 10.6. The van der Waals surface area contributed by atoms with Crippen LogP contribution in [0.25, 0.3) is 10.9 Å². The van der Waals surface area contributed by atoms with E-state index in [4.69, 9.17) is 0 Å². The molecule has 3 rings (SSSR count). The second kappa shape index (κ2) is 5.62. The van der Waals surface area contributed by atoms with E-state index in [9.17, 15) is 5.11 Å². The summed E-state index contributed by atoms with van der Waals surface area (Å²) in [7, 11) is 1.93. The number of rotatable bonds is 3. The summed E-state index contributed by atoms with van der Waals surface area (Å²) in [5.41, 5.74) is 4.06. The standard InChI is InChI=1S/C17H17BrN2O/c1-11-7-8-14(18)13(9-11)17(21)10-15-12-5-3-4-6-16(12)20(2)19-15/h3-9,17,21H,10H2,1-2H3. The third-order valence-electron chi connectivity index (χ3n) is 3.73. The van der Waals surface area contributed by atoms with Gasteiger partial charge in [0, 0.05) is 23.3 Å². The van der Waals surface area contributed by atoms with Crippen LogP contribution in [-0.2, 0) is 13.5 Å². The lowest BCUT2D eigenvalue weighted by atomic mass is 10.0. The van der Waals surface area contributed by atoms with Gasteiger partial charge in [0.1, 0.15) is 0 Å². The Hall–Kier alpha value is -1.65. The SMILES string of the molecule is Cc1ccc(Br)c(C(O)Cc2nn(C)c3ccccc23)c1. The molecule has 0 radical (unpaired) electrons. The molecule has 0 bridgehead atoms. The van der Waals surface area contributed by atoms with Gasteiger partial charge in [-0.05, 0) is 24.6 Å². The minimum atomic E-state index is -0.572. The largest absolute Gasteiger partial charge is 0.388 e. The van der Waals surface area contributed by atoms with Gasteiger partial charge in [-0.3, -0.25) is 4.68 Å². The number of hydrogen-bond donors (Lipinski definition) is 1. The van der Waals surface area contributed by atoms with E-state index >= 15 is 0 Å². The van der Waals surface area contributed by atoms with E-state index in [0.717, 1.165) is 32.2 Å². The van der Waals surface area contributed by atoms with Gasteiger partial charge in [0.25, 0.3) is 0 Å². The van der Waals surface area contributed by atoms with Crippen LogP contribution >= 0.6 is 15.9 Å². The number of aromatic nitrogens is 2. The fraction of sp³-hybridized carbons (Fsp3) is 0.235. The molecule has 0 aliphatic carbocycles. The Bertz CT molecular complexity index is 795. The predicted octanol–water partition coefficient (Wildman–Crippen LogP) is 3.92. The molecule has 0 amide bonds. The molecule has 0 aliphatic rings. The highest BCUT2D eigenvalue weighted by Crippen LogP contribution is 2.29. The number of hydrogen-bond acceptors (Lipinski definition) is 2. The van der Waals surface area contributed by atoms with Crippen LogP contribution in [0, 0.1) is 6.92 Å². The summed E-state index contributed by atoms with van der Waals surface area (Å²) in [4.78, 5) is 0. The number of aliphatic hydroxyl groups excluding tert-OH is 1. The molecule has 21 heavy (non-hydrogen) atoms. The maximum absolute atomic E-state index is 10.6. The Labute approximate surface area is 132 Å². The summed E-state index contributed by atoms with van der Waals surface area (Å²) < 4.78 is 2.80. The Morgan fingerprint density at radius 3 is 2.81 bits per heavy atom. The monoisotopic (exact) mass is 344 g/mol. The molecule has 108 valence electrons. The van der Waals surface area contributed by atoms with E-state index in [1.807, 2.05) is 55.1 Å². The number of nitrogens with zero attached hydrogens (tertiary/aromatic N) is 2. The van der Waals surface area contributed by atoms with Crippen LogP contribution in [0.5, 0.6) is 0 Å². The molecule has 1 atom stereocenters. The first-order valence-corrected chi connectivity index (χ1v) is 7.70. The van der Waals surface area contributed by atoms with E-state index in [-0.39, 0.29) is 0 Å². The highest BCUT2D eigenvalue weighted by molar-refractivity contribution is 9.10. The van der Waals surface area contributed by atoms with Crippen molar-refractivity contribution in [3.05, 3.63) is 63.8 Å². The van der Waals surface area contributed by atoms with Gasteiger partial charge in [-0.2, -0.15) is 5.10 Å². The molecule has 1 N–H and O–H groups in total. The first-order valence-electron chi connectivity index (χ1n) is 6.91. The first-order chi connectivity index (χ1) is 10.1. The number of aryl methyl sites for hydroxylation is 2. The minimum absolute atomic E-state index is 0.503. The molecule has 0 saturated carbocycles. The fourth-order valence-electron chi connectivity index (χ4n) is 2.65. The van der Waals surface area contributed by atoms with Crippen LogP contribution in [0.1, 0.15) is 22.9 Å². The molecule has 3 aromatic rings. The highest BCUT2D eigenvalue weighted by atomic mass is 79.9. The van der Waals surface area contributed by atoms with E-state index in [1.54, 1.807) is 0 Å². The molecule has 3 nitrogen and oxygen atoms in total. The average Bonchev–Trinajstić information content (AvgIpc) is 2.78. The summed E-state index contributed by atoms with van der Waals surface area (Å²) >= 11 is 3.51. The lowest BCUT2D eigenvalue weighted by Gasteiger charge is -2.12. The smallest absolute Gasteiger partial charge is 0.0857 e. The molecule has 0 spiro atoms. The zero-order valence-corrected chi connectivity index (χ0v) is 13.6. The fourth-order valence-corrected chi connectivity index (χ4v) is 3.16. The first kappa shape index (κ1) is 14.3. The normalized spacial score (nSPS) is 12.8. The molecule has 0 saturated heterocycles. The van der Waals surface area contributed by atoms with Crippen LogP contribution in [-0.4, -0.2) is 14.9 Å². The van der Waals surface area contributed by atoms with Crippen LogP contribution < -0.4 is 0 Å². The zero-order valence-electron chi connectivity index (χ0n) is 12.0. The number of fused-ring (bicyclic) bond motifs is 1. The molecule has 1 aromatic heterocycles. The van der Waals surface area contributed by atoms with E-state index in [0.29, 0.717) is 6.42 Å². The van der Waals surface area contributed by atoms with E-state index in [2.05, 4.69) is 27.1 Å². The number of para-hydroxylation sites is 1. The molecule has 2 aromatic carbocycles. The van der Waals surface area contributed by atoms with Gasteiger partial charge in [0.05, 0.1) is 17.3 Å². The molecule has 4 heteroatoms. The average molecular weight is 345 g/mol. The van der Waals surface area contributed by atoms with Crippen molar-refractivity contribution in [3.8, 4) is 0 Å². The summed E-state index contributed by atoms with van der Waals surface area (Å²) in [5.74, 6) is 0. The second-order valence-corrected chi connectivity index (χ2v) is 6.19. The second-order valence-electron chi connectivity index (χ2n) is 5.33. The van der Waals surface area contributed by atoms with Crippen molar-refractivity contribution in [1.82, 2.24) is 9.78 Å². The summed E-state index contributed by atoms with van der Waals surface area (Å²) in [6.45, 7) is 2.03. The van der Waals surface area contributed by atoms with Crippen molar-refractivity contribution in [2.75, 3.05) is 0 Å². The van der Waals surface area contributed by atoms with Gasteiger partial charge >= 0.3 is 0 Å². The van der Waals surface area contributed by atoms with Crippen molar-refractivity contribution >= 4 is 26.8 Å². The van der Waals surface area contributed by atoms with Crippen molar-refractivity contribution in [2.45, 2.75) is 19.4 Å². The summed E-state index contributed by atoms with van der Waals surface area (Å²) in [6, 6.07) is 14.1. The third-order valence-corrected chi connectivity index (χ3v) is 4.45. The quantitative estimate of drug-likeness (QED) is 0.781. The van der Waals surface area contributed by atoms with E-state index < -0.39 is 6.10 Å². The molecule has 0 aliphatic heterocycles. The van der Waals surface area contributed by atoms with Crippen molar-refractivity contribution in [2.24, 2.45) is 7.05 Å². The molecule has 1 heterocycles. The lowest BCUT2D eigenvalue weighted by Crippen LogP contribution is -2.04. The Balaban J connectivity index is 1.96. The van der Waals surface area contributed by atoms with Crippen molar-refractivity contribution < 1.29 is 5.11 Å². The number of benzene rings is 2. The van der Waals surface area contributed by atoms with E-state index in [1.165, 1.54) is 0 Å².